The van der Waals surface area contributed by atoms with Crippen LogP contribution in [0.25, 0.3) is 0 Å². The van der Waals surface area contributed by atoms with Gasteiger partial charge in [0, 0.05) is 38.6 Å². The Morgan fingerprint density at radius 1 is 1.06 bits per heavy atom. The predicted octanol–water partition coefficient (Wildman–Crippen LogP) is 3.69. The minimum absolute atomic E-state index is 0.0282. The molecule has 2 aromatic rings. The Morgan fingerprint density at radius 3 is 2.23 bits per heavy atom. The molecule has 2 aromatic carbocycles. The molecule has 0 saturated carbocycles. The van der Waals surface area contributed by atoms with Crippen molar-refractivity contribution in [2.24, 2.45) is 0 Å². The number of hydrogen-bond acceptors (Lipinski definition) is 5. The third-order valence-electron chi connectivity index (χ3n) is 4.78. The number of nitrogens with one attached hydrogen (secondary N) is 1. The van der Waals surface area contributed by atoms with Gasteiger partial charge in [-0.15, -0.1) is 13.2 Å². The van der Waals surface area contributed by atoms with Gasteiger partial charge in [0.15, 0.2) is 0 Å². The first-order valence-electron chi connectivity index (χ1n) is 9.46. The minimum atomic E-state index is -4.81. The van der Waals surface area contributed by atoms with Crippen molar-refractivity contribution in [3.05, 3.63) is 48.0 Å². The molecule has 3 rings (SSSR count). The van der Waals surface area contributed by atoms with Crippen molar-refractivity contribution in [1.29, 1.82) is 0 Å². The number of hydrogen-bond donors (Lipinski definition) is 1. The number of carbonyl (C=O) groups excluding carboxylic acids is 1. The van der Waals surface area contributed by atoms with E-state index in [1.165, 1.54) is 38.4 Å². The summed E-state index contributed by atoms with van der Waals surface area (Å²) in [6, 6.07) is 9.10. The molecule has 0 atom stereocenters. The molecule has 1 aliphatic heterocycles. The Labute approximate surface area is 178 Å². The lowest BCUT2D eigenvalue weighted by atomic mass is 10.1. The molecule has 1 fully saturated rings. The maximum atomic E-state index is 13.0. The Bertz CT molecular complexity index is 1050. The second-order valence-electron chi connectivity index (χ2n) is 7.19. The molecular formula is C20H22F3N3O4S. The lowest BCUT2D eigenvalue weighted by Gasteiger charge is -2.22. The highest BCUT2D eigenvalue weighted by Gasteiger charge is 2.31. The lowest BCUT2D eigenvalue weighted by molar-refractivity contribution is -0.274. The van der Waals surface area contributed by atoms with Crippen molar-refractivity contribution in [3.8, 4) is 5.75 Å². The van der Waals surface area contributed by atoms with E-state index in [-0.39, 0.29) is 16.1 Å². The normalized spacial score (nSPS) is 14.7. The quantitative estimate of drug-likeness (QED) is 0.716. The summed E-state index contributed by atoms with van der Waals surface area (Å²) < 4.78 is 66.8. The number of carbonyl (C=O) groups is 1. The van der Waals surface area contributed by atoms with Gasteiger partial charge in [0.25, 0.3) is 5.91 Å². The molecule has 1 amide bonds. The molecular weight excluding hydrogens is 435 g/mol. The maximum absolute atomic E-state index is 13.0. The maximum Gasteiger partial charge on any atom is 0.573 e. The predicted molar refractivity (Wildman–Crippen MR) is 110 cm³/mol. The van der Waals surface area contributed by atoms with E-state index >= 15 is 0 Å². The summed E-state index contributed by atoms with van der Waals surface area (Å²) in [6.45, 7) is 1.48. The van der Waals surface area contributed by atoms with Crippen LogP contribution in [0.5, 0.6) is 5.75 Å². The van der Waals surface area contributed by atoms with E-state index in [4.69, 9.17) is 0 Å². The number of rotatable bonds is 6. The van der Waals surface area contributed by atoms with Crippen LogP contribution in [0, 0.1) is 0 Å². The second kappa shape index (κ2) is 8.75. The van der Waals surface area contributed by atoms with E-state index in [0.717, 1.165) is 42.4 Å². The molecule has 0 unspecified atom stereocenters. The zero-order chi connectivity index (χ0) is 22.8. The van der Waals surface area contributed by atoms with Gasteiger partial charge in [0.1, 0.15) is 5.75 Å². The van der Waals surface area contributed by atoms with Crippen molar-refractivity contribution < 1.29 is 31.1 Å². The monoisotopic (exact) mass is 457 g/mol. The largest absolute Gasteiger partial charge is 0.573 e. The molecule has 1 aliphatic rings. The number of sulfonamides is 1. The van der Waals surface area contributed by atoms with Gasteiger partial charge >= 0.3 is 6.36 Å². The topological polar surface area (TPSA) is 79.0 Å². The minimum Gasteiger partial charge on any atom is -0.406 e. The van der Waals surface area contributed by atoms with E-state index < -0.39 is 28.0 Å². The van der Waals surface area contributed by atoms with Crippen molar-refractivity contribution in [2.45, 2.75) is 24.1 Å². The highest BCUT2D eigenvalue weighted by molar-refractivity contribution is 7.89. The molecule has 0 bridgehead atoms. The number of anilines is 2. The summed E-state index contributed by atoms with van der Waals surface area (Å²) in [4.78, 5) is 15.0. The third-order valence-corrected chi connectivity index (χ3v) is 6.59. The number of benzene rings is 2. The molecule has 0 radical (unpaired) electrons. The number of ether oxygens (including phenoxy) is 1. The van der Waals surface area contributed by atoms with Crippen molar-refractivity contribution in [1.82, 2.24) is 4.31 Å². The van der Waals surface area contributed by atoms with Gasteiger partial charge in [0.05, 0.1) is 10.5 Å². The fourth-order valence-electron chi connectivity index (χ4n) is 3.24. The van der Waals surface area contributed by atoms with Crippen molar-refractivity contribution in [3.63, 3.8) is 0 Å². The average Bonchev–Trinajstić information content (AvgIpc) is 3.22. The van der Waals surface area contributed by atoms with Crippen LogP contribution >= 0.6 is 0 Å². The Hall–Kier alpha value is -2.79. The summed E-state index contributed by atoms with van der Waals surface area (Å²) >= 11 is 0. The van der Waals surface area contributed by atoms with Crippen LogP contribution in [0.1, 0.15) is 23.2 Å². The highest BCUT2D eigenvalue weighted by Crippen LogP contribution is 2.29. The summed E-state index contributed by atoms with van der Waals surface area (Å²) in [5.74, 6) is -0.982. The van der Waals surface area contributed by atoms with Gasteiger partial charge in [-0.3, -0.25) is 4.79 Å². The Morgan fingerprint density at radius 2 is 1.68 bits per heavy atom. The Balaban J connectivity index is 1.90. The van der Waals surface area contributed by atoms with E-state index in [9.17, 15) is 26.4 Å². The van der Waals surface area contributed by atoms with Gasteiger partial charge in [-0.25, -0.2) is 12.7 Å². The molecule has 0 aromatic heterocycles. The lowest BCUT2D eigenvalue weighted by Crippen LogP contribution is -2.25. The third kappa shape index (κ3) is 5.47. The molecule has 7 nitrogen and oxygen atoms in total. The first-order chi connectivity index (χ1) is 14.5. The first-order valence-corrected chi connectivity index (χ1v) is 10.9. The van der Waals surface area contributed by atoms with Crippen LogP contribution in [0.3, 0.4) is 0 Å². The average molecular weight is 457 g/mol. The SMILES string of the molecule is CN(C)S(=O)(=O)c1ccc(N2CCCC2)c(C(=O)Nc2ccc(OC(F)(F)F)cc2)c1. The van der Waals surface area contributed by atoms with Gasteiger partial charge in [-0.05, 0) is 55.3 Å². The summed E-state index contributed by atoms with van der Waals surface area (Å²) in [6.07, 6.45) is -2.90. The number of halogens is 3. The zero-order valence-electron chi connectivity index (χ0n) is 16.9. The van der Waals surface area contributed by atoms with Crippen LogP contribution in [-0.4, -0.2) is 52.2 Å². The molecule has 1 N–H and O–H groups in total. The van der Waals surface area contributed by atoms with Crippen LogP contribution in [0.2, 0.25) is 0 Å². The van der Waals surface area contributed by atoms with Crippen LogP contribution in [0.15, 0.2) is 47.4 Å². The fraction of sp³-hybridized carbons (Fsp3) is 0.350. The first kappa shape index (κ1) is 22.9. The van der Waals surface area contributed by atoms with E-state index in [0.29, 0.717) is 5.69 Å². The molecule has 11 heteroatoms. The number of alkyl halides is 3. The van der Waals surface area contributed by atoms with E-state index in [1.54, 1.807) is 6.07 Å². The molecule has 1 heterocycles. The van der Waals surface area contributed by atoms with E-state index in [1.807, 2.05) is 4.90 Å². The van der Waals surface area contributed by atoms with E-state index in [2.05, 4.69) is 10.1 Å². The van der Waals surface area contributed by atoms with Crippen LogP contribution < -0.4 is 15.0 Å². The molecule has 1 saturated heterocycles. The fourth-order valence-corrected chi connectivity index (χ4v) is 4.17. The van der Waals surface area contributed by atoms with Crippen molar-refractivity contribution in [2.75, 3.05) is 37.4 Å². The number of nitrogens with zero attached hydrogens (tertiary/aromatic N) is 2. The van der Waals surface area contributed by atoms with Crippen LogP contribution in [-0.2, 0) is 10.0 Å². The number of amides is 1. The smallest absolute Gasteiger partial charge is 0.406 e. The molecule has 31 heavy (non-hydrogen) atoms. The van der Waals surface area contributed by atoms with Gasteiger partial charge < -0.3 is 15.0 Å². The molecule has 168 valence electrons. The summed E-state index contributed by atoms with van der Waals surface area (Å²) in [5, 5.41) is 2.61. The molecule has 0 aliphatic carbocycles. The molecule has 0 spiro atoms. The van der Waals surface area contributed by atoms with Crippen LogP contribution in [0.4, 0.5) is 24.5 Å². The standard InChI is InChI=1S/C20H22F3N3O4S/c1-25(2)31(28,29)16-9-10-18(26-11-3-4-12-26)17(13-16)19(27)24-14-5-7-15(8-6-14)30-20(21,22)23/h5-10,13H,3-4,11-12H2,1-2H3,(H,24,27). The van der Waals surface area contributed by atoms with Gasteiger partial charge in [0.2, 0.25) is 10.0 Å². The zero-order valence-corrected chi connectivity index (χ0v) is 17.8. The van der Waals surface area contributed by atoms with Crippen molar-refractivity contribution >= 4 is 27.3 Å². The van der Waals surface area contributed by atoms with Gasteiger partial charge in [-0.1, -0.05) is 0 Å². The second-order valence-corrected chi connectivity index (χ2v) is 9.34. The highest BCUT2D eigenvalue weighted by atomic mass is 32.2. The Kier molecular flexibility index (Phi) is 6.46. The van der Waals surface area contributed by atoms with Gasteiger partial charge in [-0.2, -0.15) is 0 Å². The summed E-state index contributed by atoms with van der Waals surface area (Å²) in [5.41, 5.74) is 1.01. The summed E-state index contributed by atoms with van der Waals surface area (Å²) in [7, 11) is -0.964.